The quantitative estimate of drug-likeness (QED) is 0.650. The van der Waals surface area contributed by atoms with E-state index in [1.165, 1.54) is 23.6 Å². The monoisotopic (exact) mass is 304 g/mol. The molecule has 1 heterocycles. The molecule has 0 saturated carbocycles. The Morgan fingerprint density at radius 1 is 1.41 bits per heavy atom. The van der Waals surface area contributed by atoms with E-state index in [0.29, 0.717) is 5.69 Å². The lowest BCUT2D eigenvalue weighted by molar-refractivity contribution is -0.385. The van der Waals surface area contributed by atoms with Crippen LogP contribution in [0.5, 0.6) is 5.88 Å². The maximum absolute atomic E-state index is 11.9. The molecule has 1 aromatic carbocycles. The fourth-order valence-corrected chi connectivity index (χ4v) is 1.92. The van der Waals surface area contributed by atoms with Crippen molar-refractivity contribution >= 4 is 17.3 Å². The molecule has 8 heteroatoms. The number of aryl methyl sites for hydroxylation is 1. The van der Waals surface area contributed by atoms with Gasteiger partial charge in [0.15, 0.2) is 0 Å². The number of methoxy groups -OCH3 is 1. The molecule has 0 aliphatic rings. The standard InChI is InChI=1S/C14H16N4O4/c1-3-10-4-6-11(7-5-10)15-13(19)9-17-8-12(18(20)21)14(16-17)22-2/h4-8H,3,9H2,1-2H3,(H,15,19). The van der Waals surface area contributed by atoms with Crippen molar-refractivity contribution in [1.82, 2.24) is 9.78 Å². The Bertz CT molecular complexity index is 679. The molecule has 1 amide bonds. The van der Waals surface area contributed by atoms with Gasteiger partial charge in [-0.15, -0.1) is 5.10 Å². The lowest BCUT2D eigenvalue weighted by Crippen LogP contribution is -2.19. The predicted molar refractivity (Wildman–Crippen MR) is 79.9 cm³/mol. The average molecular weight is 304 g/mol. The van der Waals surface area contributed by atoms with E-state index >= 15 is 0 Å². The van der Waals surface area contributed by atoms with E-state index in [1.807, 2.05) is 31.2 Å². The van der Waals surface area contributed by atoms with Gasteiger partial charge in [0.25, 0.3) is 0 Å². The van der Waals surface area contributed by atoms with Gasteiger partial charge < -0.3 is 10.1 Å². The van der Waals surface area contributed by atoms with E-state index < -0.39 is 4.92 Å². The van der Waals surface area contributed by atoms with Gasteiger partial charge in [-0.2, -0.15) is 0 Å². The third-order valence-corrected chi connectivity index (χ3v) is 3.05. The third-order valence-electron chi connectivity index (χ3n) is 3.05. The summed E-state index contributed by atoms with van der Waals surface area (Å²) in [5.41, 5.74) is 1.56. The topological polar surface area (TPSA) is 99.3 Å². The molecule has 0 atom stereocenters. The number of hydrogen-bond acceptors (Lipinski definition) is 5. The molecule has 0 radical (unpaired) electrons. The van der Waals surface area contributed by atoms with E-state index in [2.05, 4.69) is 10.4 Å². The van der Waals surface area contributed by atoms with Crippen LogP contribution < -0.4 is 10.1 Å². The normalized spacial score (nSPS) is 10.3. The number of nitrogens with one attached hydrogen (secondary N) is 1. The highest BCUT2D eigenvalue weighted by atomic mass is 16.6. The molecule has 0 unspecified atom stereocenters. The fourth-order valence-electron chi connectivity index (χ4n) is 1.92. The molecule has 0 fully saturated rings. The number of benzene rings is 1. The number of amides is 1. The van der Waals surface area contributed by atoms with Crippen molar-refractivity contribution in [3.05, 3.63) is 46.1 Å². The summed E-state index contributed by atoms with van der Waals surface area (Å²) in [5, 5.41) is 17.4. The Labute approximate surface area is 126 Å². The van der Waals surface area contributed by atoms with Gasteiger partial charge in [0.2, 0.25) is 5.91 Å². The number of aromatic nitrogens is 2. The minimum absolute atomic E-state index is 0.120. The molecule has 1 N–H and O–H groups in total. The number of anilines is 1. The molecule has 116 valence electrons. The van der Waals surface area contributed by atoms with Crippen LogP contribution in [0.2, 0.25) is 0 Å². The Hall–Kier alpha value is -2.90. The summed E-state index contributed by atoms with van der Waals surface area (Å²) >= 11 is 0. The number of hydrogen-bond donors (Lipinski definition) is 1. The maximum Gasteiger partial charge on any atom is 0.350 e. The zero-order chi connectivity index (χ0) is 16.1. The van der Waals surface area contributed by atoms with Crippen LogP contribution in [0, 0.1) is 10.1 Å². The van der Waals surface area contributed by atoms with Crippen molar-refractivity contribution in [2.24, 2.45) is 0 Å². The van der Waals surface area contributed by atoms with E-state index in [-0.39, 0.29) is 24.0 Å². The first-order chi connectivity index (χ1) is 10.5. The molecule has 2 aromatic rings. The van der Waals surface area contributed by atoms with Crippen molar-refractivity contribution in [2.75, 3.05) is 12.4 Å². The number of nitrogens with zero attached hydrogens (tertiary/aromatic N) is 3. The molecule has 1 aromatic heterocycles. The average Bonchev–Trinajstić information content (AvgIpc) is 2.91. The first kappa shape index (κ1) is 15.5. The third kappa shape index (κ3) is 3.60. The summed E-state index contributed by atoms with van der Waals surface area (Å²) in [5.74, 6) is -0.450. The van der Waals surface area contributed by atoms with E-state index in [0.717, 1.165) is 6.42 Å². The minimum atomic E-state index is -0.607. The molecule has 2 rings (SSSR count). The first-order valence-corrected chi connectivity index (χ1v) is 6.68. The van der Waals surface area contributed by atoms with Crippen LogP contribution in [0.25, 0.3) is 0 Å². The van der Waals surface area contributed by atoms with Gasteiger partial charge in [-0.25, -0.2) is 0 Å². The second-order valence-electron chi connectivity index (χ2n) is 4.58. The largest absolute Gasteiger partial charge is 0.475 e. The van der Waals surface area contributed by atoms with Crippen LogP contribution in [-0.4, -0.2) is 27.7 Å². The van der Waals surface area contributed by atoms with Crippen molar-refractivity contribution in [2.45, 2.75) is 19.9 Å². The smallest absolute Gasteiger partial charge is 0.350 e. The molecule has 0 aliphatic heterocycles. The Morgan fingerprint density at radius 3 is 2.59 bits per heavy atom. The highest BCUT2D eigenvalue weighted by Gasteiger charge is 2.21. The molecule has 8 nitrogen and oxygen atoms in total. The summed E-state index contributed by atoms with van der Waals surface area (Å²) in [7, 11) is 1.29. The lowest BCUT2D eigenvalue weighted by Gasteiger charge is -2.05. The van der Waals surface area contributed by atoms with Gasteiger partial charge in [0.1, 0.15) is 12.7 Å². The zero-order valence-corrected chi connectivity index (χ0v) is 12.3. The van der Waals surface area contributed by atoms with Crippen LogP contribution in [0.4, 0.5) is 11.4 Å². The van der Waals surface area contributed by atoms with Crippen LogP contribution in [-0.2, 0) is 17.8 Å². The molecule has 0 bridgehead atoms. The predicted octanol–water partition coefficient (Wildman–Crippen LogP) is 2.00. The molecule has 22 heavy (non-hydrogen) atoms. The van der Waals surface area contributed by atoms with Crippen LogP contribution in [0.1, 0.15) is 12.5 Å². The summed E-state index contributed by atoms with van der Waals surface area (Å²) in [6.45, 7) is 1.91. The van der Waals surface area contributed by atoms with Gasteiger partial charge in [-0.3, -0.25) is 19.6 Å². The molecule has 0 saturated heterocycles. The zero-order valence-electron chi connectivity index (χ0n) is 12.3. The first-order valence-electron chi connectivity index (χ1n) is 6.68. The van der Waals surface area contributed by atoms with E-state index in [9.17, 15) is 14.9 Å². The fraction of sp³-hybridized carbons (Fsp3) is 0.286. The SMILES string of the molecule is CCc1ccc(NC(=O)Cn2cc([N+](=O)[O-])c(OC)n2)cc1. The summed E-state index contributed by atoms with van der Waals surface area (Å²) in [6, 6.07) is 7.47. The lowest BCUT2D eigenvalue weighted by atomic mass is 10.1. The van der Waals surface area contributed by atoms with Crippen molar-refractivity contribution in [3.8, 4) is 5.88 Å². The van der Waals surface area contributed by atoms with Gasteiger partial charge in [-0.05, 0) is 24.1 Å². The van der Waals surface area contributed by atoms with E-state index in [1.54, 1.807) is 0 Å². The number of rotatable bonds is 6. The molecular weight excluding hydrogens is 288 g/mol. The molecular formula is C14H16N4O4. The highest BCUT2D eigenvalue weighted by molar-refractivity contribution is 5.90. The Balaban J connectivity index is 2.03. The number of carbonyl (C=O) groups is 1. The number of carbonyl (C=O) groups excluding carboxylic acids is 1. The molecule has 0 aliphatic carbocycles. The molecule has 0 spiro atoms. The van der Waals surface area contributed by atoms with Gasteiger partial charge in [0.05, 0.1) is 12.0 Å². The summed E-state index contributed by atoms with van der Waals surface area (Å²) in [6.07, 6.45) is 2.09. The minimum Gasteiger partial charge on any atom is -0.475 e. The van der Waals surface area contributed by atoms with Crippen molar-refractivity contribution < 1.29 is 14.5 Å². The summed E-state index contributed by atoms with van der Waals surface area (Å²) in [4.78, 5) is 22.1. The van der Waals surface area contributed by atoms with Crippen LogP contribution >= 0.6 is 0 Å². The number of nitro groups is 1. The summed E-state index contributed by atoms with van der Waals surface area (Å²) < 4.78 is 5.98. The highest BCUT2D eigenvalue weighted by Crippen LogP contribution is 2.23. The number of ether oxygens (including phenoxy) is 1. The van der Waals surface area contributed by atoms with E-state index in [4.69, 9.17) is 4.74 Å². The van der Waals surface area contributed by atoms with Crippen molar-refractivity contribution in [3.63, 3.8) is 0 Å². The van der Waals surface area contributed by atoms with Gasteiger partial charge >= 0.3 is 11.6 Å². The second kappa shape index (κ2) is 6.70. The van der Waals surface area contributed by atoms with Crippen LogP contribution in [0.15, 0.2) is 30.5 Å². The second-order valence-corrected chi connectivity index (χ2v) is 4.58. The van der Waals surface area contributed by atoms with Crippen molar-refractivity contribution in [1.29, 1.82) is 0 Å². The van der Waals surface area contributed by atoms with Crippen LogP contribution in [0.3, 0.4) is 0 Å². The Kier molecular flexibility index (Phi) is 4.72. The maximum atomic E-state index is 11.9. The Morgan fingerprint density at radius 2 is 2.09 bits per heavy atom. The van der Waals surface area contributed by atoms with Gasteiger partial charge in [-0.1, -0.05) is 19.1 Å². The van der Waals surface area contributed by atoms with Gasteiger partial charge in [0, 0.05) is 5.69 Å².